The van der Waals surface area contributed by atoms with Gasteiger partial charge in [-0.25, -0.2) is 0 Å². The second-order valence-electron chi connectivity index (χ2n) is 2.87. The van der Waals surface area contributed by atoms with E-state index in [0.29, 0.717) is 6.42 Å². The van der Waals surface area contributed by atoms with Crippen molar-refractivity contribution in [1.82, 2.24) is 0 Å². The van der Waals surface area contributed by atoms with Gasteiger partial charge in [0.2, 0.25) is 5.91 Å². The Morgan fingerprint density at radius 2 is 2.08 bits per heavy atom. The van der Waals surface area contributed by atoms with Gasteiger partial charge in [0.25, 0.3) is 0 Å². The minimum atomic E-state index is -0.314. The Balaban J connectivity index is 2.62. The van der Waals surface area contributed by atoms with Gasteiger partial charge in [0, 0.05) is 5.69 Å². The number of amides is 1. The summed E-state index contributed by atoms with van der Waals surface area (Å²) in [5.41, 5.74) is 6.12. The van der Waals surface area contributed by atoms with E-state index in [1.807, 2.05) is 37.3 Å². The van der Waals surface area contributed by atoms with E-state index >= 15 is 0 Å². The molecule has 1 aromatic carbocycles. The maximum absolute atomic E-state index is 10.9. The average Bonchev–Trinajstić information content (AvgIpc) is 2.15. The summed E-state index contributed by atoms with van der Waals surface area (Å²) in [6.45, 7) is 1.92. The third-order valence-electron chi connectivity index (χ3n) is 1.87. The smallest absolute Gasteiger partial charge is 0.239 e. The molecule has 0 spiro atoms. The van der Waals surface area contributed by atoms with Crippen molar-refractivity contribution in [2.24, 2.45) is 5.73 Å². The van der Waals surface area contributed by atoms with Crippen molar-refractivity contribution in [2.75, 3.05) is 5.32 Å². The van der Waals surface area contributed by atoms with Crippen LogP contribution in [0, 0.1) is 0 Å². The van der Waals surface area contributed by atoms with Crippen molar-refractivity contribution in [1.29, 1.82) is 0 Å². The van der Waals surface area contributed by atoms with Crippen molar-refractivity contribution < 1.29 is 4.79 Å². The highest BCUT2D eigenvalue weighted by molar-refractivity contribution is 5.82. The molecule has 1 amide bonds. The molecule has 0 aliphatic carbocycles. The van der Waals surface area contributed by atoms with Crippen LogP contribution in [0.4, 0.5) is 5.69 Å². The van der Waals surface area contributed by atoms with Gasteiger partial charge >= 0.3 is 0 Å². The molecule has 0 aliphatic heterocycles. The number of nitrogens with two attached hydrogens (primary N) is 1. The van der Waals surface area contributed by atoms with E-state index in [9.17, 15) is 4.79 Å². The predicted molar refractivity (Wildman–Crippen MR) is 53.3 cm³/mol. The van der Waals surface area contributed by atoms with Gasteiger partial charge in [-0.3, -0.25) is 4.79 Å². The standard InChI is InChI=1S/C10H14N2O/c1-2-9(10(11)13)12-8-6-4-3-5-7-8/h3-7,9,12H,2H2,1H3,(H2,11,13). The summed E-state index contributed by atoms with van der Waals surface area (Å²) >= 11 is 0. The molecule has 3 nitrogen and oxygen atoms in total. The molecular formula is C10H14N2O. The highest BCUT2D eigenvalue weighted by atomic mass is 16.1. The zero-order chi connectivity index (χ0) is 9.68. The fourth-order valence-corrected chi connectivity index (χ4v) is 1.11. The highest BCUT2D eigenvalue weighted by Crippen LogP contribution is 2.08. The number of carbonyl (C=O) groups is 1. The van der Waals surface area contributed by atoms with Crippen LogP contribution in [0.15, 0.2) is 30.3 Å². The number of carbonyl (C=O) groups excluding carboxylic acids is 1. The summed E-state index contributed by atoms with van der Waals surface area (Å²) in [5.74, 6) is -0.314. The molecule has 0 bridgehead atoms. The van der Waals surface area contributed by atoms with Crippen molar-refractivity contribution in [3.8, 4) is 0 Å². The first-order valence-electron chi connectivity index (χ1n) is 4.35. The van der Waals surface area contributed by atoms with Crippen LogP contribution >= 0.6 is 0 Å². The van der Waals surface area contributed by atoms with E-state index in [4.69, 9.17) is 5.73 Å². The summed E-state index contributed by atoms with van der Waals surface area (Å²) in [7, 11) is 0. The largest absolute Gasteiger partial charge is 0.374 e. The number of rotatable bonds is 4. The Morgan fingerprint density at radius 1 is 1.46 bits per heavy atom. The number of primary amides is 1. The van der Waals surface area contributed by atoms with Crippen molar-refractivity contribution >= 4 is 11.6 Å². The third kappa shape index (κ3) is 2.78. The van der Waals surface area contributed by atoms with Gasteiger partial charge in [-0.1, -0.05) is 25.1 Å². The summed E-state index contributed by atoms with van der Waals surface area (Å²) in [6.07, 6.45) is 0.699. The van der Waals surface area contributed by atoms with Gasteiger partial charge in [0.1, 0.15) is 6.04 Å². The van der Waals surface area contributed by atoms with Crippen LogP contribution in [0.5, 0.6) is 0 Å². The maximum atomic E-state index is 10.9. The molecule has 3 heteroatoms. The van der Waals surface area contributed by atoms with Crippen LogP contribution in [-0.4, -0.2) is 11.9 Å². The van der Waals surface area contributed by atoms with E-state index in [2.05, 4.69) is 5.32 Å². The number of anilines is 1. The van der Waals surface area contributed by atoms with Crippen LogP contribution in [0.3, 0.4) is 0 Å². The zero-order valence-corrected chi connectivity index (χ0v) is 7.66. The summed E-state index contributed by atoms with van der Waals surface area (Å²) in [6, 6.07) is 9.29. The molecule has 0 saturated carbocycles. The molecule has 1 atom stereocenters. The van der Waals surface area contributed by atoms with Crippen LogP contribution < -0.4 is 11.1 Å². The van der Waals surface area contributed by atoms with Gasteiger partial charge in [-0.15, -0.1) is 0 Å². The molecule has 3 N–H and O–H groups in total. The molecule has 0 radical (unpaired) electrons. The first-order valence-corrected chi connectivity index (χ1v) is 4.35. The van der Waals surface area contributed by atoms with E-state index < -0.39 is 0 Å². The van der Waals surface area contributed by atoms with Gasteiger partial charge in [-0.2, -0.15) is 0 Å². The summed E-state index contributed by atoms with van der Waals surface area (Å²) < 4.78 is 0. The fourth-order valence-electron chi connectivity index (χ4n) is 1.11. The number of para-hydroxylation sites is 1. The molecule has 1 rings (SSSR count). The minimum Gasteiger partial charge on any atom is -0.374 e. The lowest BCUT2D eigenvalue weighted by Gasteiger charge is -2.13. The lowest BCUT2D eigenvalue weighted by Crippen LogP contribution is -2.34. The van der Waals surface area contributed by atoms with E-state index in [1.165, 1.54) is 0 Å². The van der Waals surface area contributed by atoms with Crippen molar-refractivity contribution in [3.63, 3.8) is 0 Å². The monoisotopic (exact) mass is 178 g/mol. The van der Waals surface area contributed by atoms with Gasteiger partial charge in [0.15, 0.2) is 0 Å². The Labute approximate surface area is 77.9 Å². The average molecular weight is 178 g/mol. The predicted octanol–water partition coefficient (Wildman–Crippen LogP) is 1.36. The number of nitrogens with one attached hydrogen (secondary N) is 1. The van der Waals surface area contributed by atoms with Crippen LogP contribution in [-0.2, 0) is 4.79 Å². The zero-order valence-electron chi connectivity index (χ0n) is 7.66. The van der Waals surface area contributed by atoms with Crippen LogP contribution in [0.25, 0.3) is 0 Å². The minimum absolute atomic E-state index is 0.276. The summed E-state index contributed by atoms with van der Waals surface area (Å²) in [4.78, 5) is 10.9. The number of hydrogen-bond acceptors (Lipinski definition) is 2. The molecule has 0 saturated heterocycles. The topological polar surface area (TPSA) is 55.1 Å². The second-order valence-corrected chi connectivity index (χ2v) is 2.87. The first-order chi connectivity index (χ1) is 6.24. The molecule has 0 aliphatic rings. The number of benzene rings is 1. The molecule has 13 heavy (non-hydrogen) atoms. The molecular weight excluding hydrogens is 164 g/mol. The molecule has 0 aromatic heterocycles. The van der Waals surface area contributed by atoms with Crippen LogP contribution in [0.2, 0.25) is 0 Å². The van der Waals surface area contributed by atoms with E-state index in [1.54, 1.807) is 0 Å². The Bertz CT molecular complexity index is 272. The lowest BCUT2D eigenvalue weighted by atomic mass is 10.2. The molecule has 0 heterocycles. The SMILES string of the molecule is CCC(Nc1ccccc1)C(N)=O. The molecule has 0 fully saturated rings. The van der Waals surface area contributed by atoms with Crippen molar-refractivity contribution in [2.45, 2.75) is 19.4 Å². The second kappa shape index (κ2) is 4.50. The highest BCUT2D eigenvalue weighted by Gasteiger charge is 2.11. The Hall–Kier alpha value is -1.51. The van der Waals surface area contributed by atoms with Gasteiger partial charge in [-0.05, 0) is 18.6 Å². The fraction of sp³-hybridized carbons (Fsp3) is 0.300. The van der Waals surface area contributed by atoms with E-state index in [-0.39, 0.29) is 11.9 Å². The normalized spacial score (nSPS) is 12.1. The summed E-state index contributed by atoms with van der Waals surface area (Å²) in [5, 5.41) is 3.05. The molecule has 70 valence electrons. The molecule has 1 unspecified atom stereocenters. The Kier molecular flexibility index (Phi) is 3.31. The van der Waals surface area contributed by atoms with Crippen LogP contribution in [0.1, 0.15) is 13.3 Å². The van der Waals surface area contributed by atoms with Crippen molar-refractivity contribution in [3.05, 3.63) is 30.3 Å². The van der Waals surface area contributed by atoms with Gasteiger partial charge in [0.05, 0.1) is 0 Å². The van der Waals surface area contributed by atoms with Gasteiger partial charge < -0.3 is 11.1 Å². The third-order valence-corrected chi connectivity index (χ3v) is 1.87. The number of hydrogen-bond donors (Lipinski definition) is 2. The molecule has 1 aromatic rings. The van der Waals surface area contributed by atoms with E-state index in [0.717, 1.165) is 5.69 Å². The Morgan fingerprint density at radius 3 is 2.54 bits per heavy atom. The first kappa shape index (κ1) is 9.58. The quantitative estimate of drug-likeness (QED) is 0.731. The maximum Gasteiger partial charge on any atom is 0.239 e. The lowest BCUT2D eigenvalue weighted by molar-refractivity contribution is -0.118.